The van der Waals surface area contributed by atoms with Crippen LogP contribution in [0.3, 0.4) is 0 Å². The van der Waals surface area contributed by atoms with Gasteiger partial charge in [0.05, 0.1) is 19.3 Å². The van der Waals surface area contributed by atoms with E-state index in [2.05, 4.69) is 33.8 Å². The Morgan fingerprint density at radius 2 is 2.21 bits per heavy atom. The first kappa shape index (κ1) is 14.6. The van der Waals surface area contributed by atoms with Gasteiger partial charge < -0.3 is 9.47 Å². The fraction of sp³-hybridized carbons (Fsp3) is 0.812. The summed E-state index contributed by atoms with van der Waals surface area (Å²) in [7, 11) is 0. The van der Waals surface area contributed by atoms with Gasteiger partial charge in [-0.25, -0.2) is 0 Å². The molecule has 0 aromatic heterocycles. The second-order valence-corrected chi connectivity index (χ2v) is 6.28. The first-order valence-electron chi connectivity index (χ1n) is 7.35. The van der Waals surface area contributed by atoms with Crippen molar-refractivity contribution in [3.05, 3.63) is 11.6 Å². The van der Waals surface area contributed by atoms with Crippen molar-refractivity contribution in [2.45, 2.75) is 47.1 Å². The van der Waals surface area contributed by atoms with Gasteiger partial charge in [0.2, 0.25) is 0 Å². The van der Waals surface area contributed by atoms with Crippen LogP contribution in [0.5, 0.6) is 0 Å². The lowest BCUT2D eigenvalue weighted by Gasteiger charge is -2.55. The van der Waals surface area contributed by atoms with Crippen LogP contribution in [-0.2, 0) is 14.3 Å². The van der Waals surface area contributed by atoms with E-state index in [1.807, 2.05) is 0 Å². The Labute approximate surface area is 116 Å². The van der Waals surface area contributed by atoms with Gasteiger partial charge in [0.25, 0.3) is 0 Å². The number of esters is 1. The van der Waals surface area contributed by atoms with Crippen LogP contribution in [0, 0.1) is 23.2 Å². The molecule has 3 nitrogen and oxygen atoms in total. The highest BCUT2D eigenvalue weighted by molar-refractivity contribution is 5.65. The molecule has 0 radical (unpaired) electrons. The molecular weight excluding hydrogens is 240 g/mol. The zero-order valence-electron chi connectivity index (χ0n) is 12.7. The quantitative estimate of drug-likeness (QED) is 0.581. The molecule has 5 unspecified atom stereocenters. The first-order valence-corrected chi connectivity index (χ1v) is 7.35. The standard InChI is InChI=1S/C16H26O3/c1-6-14-15-10(2)7-11(3)16(9-19-14,12(15)4)8-18-13(5)17/h7,11-12,14-15H,6,8-9H2,1-5H3. The molecule has 19 heavy (non-hydrogen) atoms. The molecule has 5 atom stereocenters. The van der Waals surface area contributed by atoms with Crippen LogP contribution in [0.2, 0.25) is 0 Å². The Morgan fingerprint density at radius 3 is 2.79 bits per heavy atom. The summed E-state index contributed by atoms with van der Waals surface area (Å²) in [6.07, 6.45) is 3.71. The summed E-state index contributed by atoms with van der Waals surface area (Å²) in [6, 6.07) is 0. The fourth-order valence-electron chi connectivity index (χ4n) is 3.99. The molecule has 108 valence electrons. The van der Waals surface area contributed by atoms with E-state index in [0.29, 0.717) is 37.1 Å². The minimum absolute atomic E-state index is 0.0541. The van der Waals surface area contributed by atoms with E-state index in [0.717, 1.165) is 6.42 Å². The van der Waals surface area contributed by atoms with E-state index in [4.69, 9.17) is 9.47 Å². The monoisotopic (exact) mass is 266 g/mol. The van der Waals surface area contributed by atoms with Crippen molar-refractivity contribution < 1.29 is 14.3 Å². The molecule has 0 amide bonds. The molecule has 1 fully saturated rings. The molecule has 2 rings (SSSR count). The predicted molar refractivity (Wildman–Crippen MR) is 74.7 cm³/mol. The van der Waals surface area contributed by atoms with Gasteiger partial charge in [0.1, 0.15) is 0 Å². The van der Waals surface area contributed by atoms with Crippen molar-refractivity contribution >= 4 is 5.97 Å². The van der Waals surface area contributed by atoms with E-state index < -0.39 is 0 Å². The van der Waals surface area contributed by atoms with Gasteiger partial charge in [0, 0.05) is 18.3 Å². The van der Waals surface area contributed by atoms with Crippen molar-refractivity contribution in [2.24, 2.45) is 23.2 Å². The highest BCUT2D eigenvalue weighted by atomic mass is 16.5. The molecule has 1 aliphatic heterocycles. The van der Waals surface area contributed by atoms with Gasteiger partial charge in [0.15, 0.2) is 0 Å². The van der Waals surface area contributed by atoms with Crippen molar-refractivity contribution in [2.75, 3.05) is 13.2 Å². The molecule has 3 heteroatoms. The Balaban J connectivity index is 2.31. The maximum Gasteiger partial charge on any atom is 0.302 e. The Kier molecular flexibility index (Phi) is 4.05. The summed E-state index contributed by atoms with van der Waals surface area (Å²) in [5.41, 5.74) is 1.38. The average molecular weight is 266 g/mol. The summed E-state index contributed by atoms with van der Waals surface area (Å²) in [5.74, 6) is 1.14. The molecule has 0 aromatic rings. The number of fused-ring (bicyclic) bond motifs is 2. The van der Waals surface area contributed by atoms with Crippen LogP contribution >= 0.6 is 0 Å². The summed E-state index contributed by atoms with van der Waals surface area (Å²) in [4.78, 5) is 11.2. The smallest absolute Gasteiger partial charge is 0.302 e. The molecule has 1 aliphatic carbocycles. The maximum absolute atomic E-state index is 11.2. The van der Waals surface area contributed by atoms with Crippen molar-refractivity contribution in [3.8, 4) is 0 Å². The topological polar surface area (TPSA) is 35.5 Å². The van der Waals surface area contributed by atoms with Gasteiger partial charge in [-0.1, -0.05) is 32.4 Å². The summed E-state index contributed by atoms with van der Waals surface area (Å²) >= 11 is 0. The number of ether oxygens (including phenoxy) is 2. The molecule has 0 spiro atoms. The van der Waals surface area contributed by atoms with E-state index in [1.54, 1.807) is 0 Å². The number of hydrogen-bond acceptors (Lipinski definition) is 3. The van der Waals surface area contributed by atoms with Gasteiger partial charge in [-0.05, 0) is 25.2 Å². The zero-order chi connectivity index (χ0) is 14.2. The lowest BCUT2D eigenvalue weighted by molar-refractivity contribution is -0.179. The zero-order valence-corrected chi connectivity index (χ0v) is 12.7. The van der Waals surface area contributed by atoms with Crippen LogP contribution in [0.25, 0.3) is 0 Å². The summed E-state index contributed by atoms with van der Waals surface area (Å²) < 4.78 is 11.5. The van der Waals surface area contributed by atoms with E-state index in [9.17, 15) is 4.79 Å². The van der Waals surface area contributed by atoms with Crippen LogP contribution < -0.4 is 0 Å². The highest BCUT2D eigenvalue weighted by Gasteiger charge is 2.53. The second kappa shape index (κ2) is 5.28. The Bertz CT molecular complexity index is 387. The minimum Gasteiger partial charge on any atom is -0.465 e. The third-order valence-electron chi connectivity index (χ3n) is 5.30. The van der Waals surface area contributed by atoms with Gasteiger partial charge in [-0.2, -0.15) is 0 Å². The molecule has 0 aromatic carbocycles. The largest absolute Gasteiger partial charge is 0.465 e. The molecule has 2 bridgehead atoms. The van der Waals surface area contributed by atoms with Gasteiger partial charge in [-0.15, -0.1) is 0 Å². The van der Waals surface area contributed by atoms with E-state index >= 15 is 0 Å². The van der Waals surface area contributed by atoms with Crippen LogP contribution in [0.4, 0.5) is 0 Å². The molecular formula is C16H26O3. The molecule has 2 aliphatic rings. The fourth-order valence-corrected chi connectivity index (χ4v) is 3.99. The molecule has 1 heterocycles. The highest BCUT2D eigenvalue weighted by Crippen LogP contribution is 2.53. The Morgan fingerprint density at radius 1 is 1.53 bits per heavy atom. The van der Waals surface area contributed by atoms with E-state index in [-0.39, 0.29) is 11.4 Å². The molecule has 0 N–H and O–H groups in total. The van der Waals surface area contributed by atoms with Crippen LogP contribution in [0.1, 0.15) is 41.0 Å². The van der Waals surface area contributed by atoms with Crippen LogP contribution in [0.15, 0.2) is 11.6 Å². The third kappa shape index (κ3) is 2.33. The number of carbonyl (C=O) groups excluding carboxylic acids is 1. The predicted octanol–water partition coefficient (Wildman–Crippen LogP) is 3.19. The number of allylic oxidation sites excluding steroid dienone is 1. The third-order valence-corrected chi connectivity index (χ3v) is 5.30. The van der Waals surface area contributed by atoms with E-state index in [1.165, 1.54) is 12.5 Å². The Hall–Kier alpha value is -0.830. The number of carbonyl (C=O) groups is 1. The van der Waals surface area contributed by atoms with Gasteiger partial charge >= 0.3 is 5.97 Å². The summed E-state index contributed by atoms with van der Waals surface area (Å²) in [6.45, 7) is 11.6. The minimum atomic E-state index is -0.200. The lowest BCUT2D eigenvalue weighted by atomic mass is 9.56. The van der Waals surface area contributed by atoms with Crippen molar-refractivity contribution in [1.82, 2.24) is 0 Å². The SMILES string of the molecule is CCC1OCC2(COC(C)=O)C(C)C=C(C)C1C2C. The second-order valence-electron chi connectivity index (χ2n) is 6.28. The average Bonchev–Trinajstić information content (AvgIpc) is 2.34. The number of hydrogen-bond donors (Lipinski definition) is 0. The first-order chi connectivity index (χ1) is 8.92. The molecule has 0 saturated carbocycles. The van der Waals surface area contributed by atoms with Gasteiger partial charge in [-0.3, -0.25) is 4.79 Å². The molecule has 1 saturated heterocycles. The maximum atomic E-state index is 11.2. The van der Waals surface area contributed by atoms with Crippen molar-refractivity contribution in [1.29, 1.82) is 0 Å². The lowest BCUT2D eigenvalue weighted by Crippen LogP contribution is -2.56. The van der Waals surface area contributed by atoms with Crippen LogP contribution in [-0.4, -0.2) is 25.3 Å². The van der Waals surface area contributed by atoms with Crippen molar-refractivity contribution in [3.63, 3.8) is 0 Å². The normalized spacial score (nSPS) is 41.6. The summed E-state index contributed by atoms with van der Waals surface area (Å²) in [5, 5.41) is 0. The number of rotatable bonds is 3.